The zero-order chi connectivity index (χ0) is 14.7. The zero-order valence-electron chi connectivity index (χ0n) is 12.8. The van der Waals surface area contributed by atoms with Crippen LogP contribution in [0.4, 0.5) is 0 Å². The molecule has 0 saturated carbocycles. The maximum absolute atomic E-state index is 9.52. The summed E-state index contributed by atoms with van der Waals surface area (Å²) in [5.74, 6) is 0. The lowest BCUT2D eigenvalue weighted by atomic mass is 9.93. The van der Waals surface area contributed by atoms with E-state index in [2.05, 4.69) is 20.1 Å². The molecule has 2 aliphatic rings. The van der Waals surface area contributed by atoms with Crippen molar-refractivity contribution in [1.82, 2.24) is 0 Å². The average Bonchev–Trinajstić information content (AvgIpc) is 2.68. The Morgan fingerprint density at radius 2 is 1.95 bits per heavy atom. The van der Waals surface area contributed by atoms with Crippen molar-refractivity contribution in [2.24, 2.45) is 0 Å². The van der Waals surface area contributed by atoms with E-state index in [9.17, 15) is 5.11 Å². The Balaban J connectivity index is 1.78. The van der Waals surface area contributed by atoms with Crippen LogP contribution in [-0.2, 0) is 9.47 Å². The maximum Gasteiger partial charge on any atom is 0.0810 e. The van der Waals surface area contributed by atoms with E-state index in [1.54, 1.807) is 6.92 Å². The molecule has 2 fully saturated rings. The molecule has 5 atom stereocenters. The molecule has 0 spiro atoms. The summed E-state index contributed by atoms with van der Waals surface area (Å²) in [7, 11) is 0. The molecule has 0 aromatic carbocycles. The van der Waals surface area contributed by atoms with Gasteiger partial charge in [0.2, 0.25) is 0 Å². The molecule has 114 valence electrons. The highest BCUT2D eigenvalue weighted by Crippen LogP contribution is 2.32. The number of ether oxygens (including phenoxy) is 2. The van der Waals surface area contributed by atoms with Gasteiger partial charge in [-0.15, -0.1) is 0 Å². The van der Waals surface area contributed by atoms with Crippen molar-refractivity contribution in [1.29, 1.82) is 0 Å². The van der Waals surface area contributed by atoms with Crippen LogP contribution in [0.15, 0.2) is 24.3 Å². The van der Waals surface area contributed by atoms with E-state index < -0.39 is 0 Å². The van der Waals surface area contributed by atoms with Crippen LogP contribution < -0.4 is 0 Å². The second-order valence-electron chi connectivity index (χ2n) is 6.40. The normalized spacial score (nSPS) is 36.4. The minimum Gasteiger partial charge on any atom is -0.393 e. The lowest BCUT2D eigenvalue weighted by Gasteiger charge is -2.33. The Morgan fingerprint density at radius 3 is 2.55 bits per heavy atom. The van der Waals surface area contributed by atoms with Gasteiger partial charge in [0, 0.05) is 6.42 Å². The number of hydrogen-bond acceptors (Lipinski definition) is 3. The summed E-state index contributed by atoms with van der Waals surface area (Å²) in [4.78, 5) is 0. The van der Waals surface area contributed by atoms with Crippen LogP contribution in [0.1, 0.15) is 52.4 Å². The number of aliphatic hydroxyl groups excluding tert-OH is 1. The summed E-state index contributed by atoms with van der Waals surface area (Å²) in [6, 6.07) is 0. The smallest absolute Gasteiger partial charge is 0.0810 e. The van der Waals surface area contributed by atoms with Crippen LogP contribution in [0.3, 0.4) is 0 Å². The number of hydrogen-bond donors (Lipinski definition) is 1. The van der Waals surface area contributed by atoms with E-state index in [0.717, 1.165) is 37.7 Å². The maximum atomic E-state index is 9.52. The van der Waals surface area contributed by atoms with Crippen molar-refractivity contribution in [3.8, 4) is 0 Å². The molecule has 0 radical (unpaired) electrons. The van der Waals surface area contributed by atoms with Crippen LogP contribution in [0.2, 0.25) is 0 Å². The standard InChI is InChI=1S/C17H28O3/c1-11-5-6-15(20-17(11)10-13(3)18)7-8-16-12(2)9-14(4)19-16/h13-18H,1-2,5-10H2,3-4H3/t13-,14?,15?,16?,17?/m1/s1. The van der Waals surface area contributed by atoms with Gasteiger partial charge >= 0.3 is 0 Å². The molecule has 2 saturated heterocycles. The van der Waals surface area contributed by atoms with E-state index in [1.165, 1.54) is 5.57 Å². The first-order chi connectivity index (χ1) is 9.45. The molecule has 3 heteroatoms. The van der Waals surface area contributed by atoms with Gasteiger partial charge < -0.3 is 14.6 Å². The van der Waals surface area contributed by atoms with Crippen molar-refractivity contribution >= 4 is 0 Å². The van der Waals surface area contributed by atoms with Gasteiger partial charge in [0.25, 0.3) is 0 Å². The first-order valence-corrected chi connectivity index (χ1v) is 7.80. The van der Waals surface area contributed by atoms with Crippen molar-refractivity contribution < 1.29 is 14.6 Å². The monoisotopic (exact) mass is 280 g/mol. The van der Waals surface area contributed by atoms with E-state index in [1.807, 2.05) is 0 Å². The summed E-state index contributed by atoms with van der Waals surface area (Å²) >= 11 is 0. The molecular formula is C17H28O3. The minimum atomic E-state index is -0.339. The third-order valence-electron chi connectivity index (χ3n) is 4.31. The van der Waals surface area contributed by atoms with Crippen molar-refractivity contribution in [3.05, 3.63) is 24.3 Å². The van der Waals surface area contributed by atoms with Crippen LogP contribution >= 0.6 is 0 Å². The summed E-state index contributed by atoms with van der Waals surface area (Å²) in [6.07, 6.45) is 6.11. The topological polar surface area (TPSA) is 38.7 Å². The molecule has 20 heavy (non-hydrogen) atoms. The number of rotatable bonds is 5. The summed E-state index contributed by atoms with van der Waals surface area (Å²) < 4.78 is 12.0. The third kappa shape index (κ3) is 4.18. The van der Waals surface area contributed by atoms with Gasteiger partial charge in [-0.3, -0.25) is 0 Å². The lowest BCUT2D eigenvalue weighted by Crippen LogP contribution is -2.32. The van der Waals surface area contributed by atoms with E-state index >= 15 is 0 Å². The molecule has 0 aromatic rings. The first-order valence-electron chi connectivity index (χ1n) is 7.80. The molecule has 0 aliphatic carbocycles. The Kier molecular flexibility index (Phi) is 5.42. The summed E-state index contributed by atoms with van der Waals surface area (Å²) in [6.45, 7) is 12.1. The van der Waals surface area contributed by atoms with Gasteiger partial charge in [0.05, 0.1) is 30.5 Å². The van der Waals surface area contributed by atoms with Gasteiger partial charge in [-0.2, -0.15) is 0 Å². The predicted molar refractivity (Wildman–Crippen MR) is 80.7 cm³/mol. The molecule has 2 rings (SSSR count). The highest BCUT2D eigenvalue weighted by Gasteiger charge is 2.29. The molecular weight excluding hydrogens is 252 g/mol. The van der Waals surface area contributed by atoms with Crippen molar-refractivity contribution in [2.45, 2.75) is 82.9 Å². The Labute approximate surface area is 122 Å². The molecule has 4 unspecified atom stereocenters. The molecule has 2 aliphatic heterocycles. The first kappa shape index (κ1) is 15.7. The lowest BCUT2D eigenvalue weighted by molar-refractivity contribution is -0.0474. The zero-order valence-corrected chi connectivity index (χ0v) is 12.8. The van der Waals surface area contributed by atoms with Gasteiger partial charge in [-0.25, -0.2) is 0 Å². The highest BCUT2D eigenvalue weighted by atomic mass is 16.5. The number of aliphatic hydroxyl groups is 1. The van der Waals surface area contributed by atoms with Crippen molar-refractivity contribution in [3.63, 3.8) is 0 Å². The minimum absolute atomic E-state index is 0.0142. The van der Waals surface area contributed by atoms with Crippen LogP contribution in [-0.4, -0.2) is 35.6 Å². The quantitative estimate of drug-likeness (QED) is 0.785. The van der Waals surface area contributed by atoms with Crippen molar-refractivity contribution in [2.75, 3.05) is 0 Å². The fourth-order valence-electron chi connectivity index (χ4n) is 3.18. The van der Waals surface area contributed by atoms with Crippen LogP contribution in [0, 0.1) is 0 Å². The van der Waals surface area contributed by atoms with Gasteiger partial charge in [0.15, 0.2) is 0 Å². The Bertz CT molecular complexity index is 361. The largest absolute Gasteiger partial charge is 0.393 e. The highest BCUT2D eigenvalue weighted by molar-refractivity contribution is 5.09. The van der Waals surface area contributed by atoms with E-state index in [4.69, 9.17) is 9.47 Å². The molecule has 0 aromatic heterocycles. The fraction of sp³-hybridized carbons (Fsp3) is 0.765. The molecule has 2 heterocycles. The molecule has 0 bridgehead atoms. The van der Waals surface area contributed by atoms with E-state index in [0.29, 0.717) is 12.5 Å². The third-order valence-corrected chi connectivity index (χ3v) is 4.31. The second kappa shape index (κ2) is 6.88. The molecule has 1 N–H and O–H groups in total. The second-order valence-corrected chi connectivity index (χ2v) is 6.40. The molecule has 0 amide bonds. The van der Waals surface area contributed by atoms with E-state index in [-0.39, 0.29) is 24.4 Å². The predicted octanol–water partition coefficient (Wildman–Crippen LogP) is 3.37. The van der Waals surface area contributed by atoms with Crippen LogP contribution in [0.5, 0.6) is 0 Å². The fourth-order valence-corrected chi connectivity index (χ4v) is 3.18. The summed E-state index contributed by atoms with van der Waals surface area (Å²) in [5.41, 5.74) is 2.34. The SMILES string of the molecule is C=C1CC(C)OC1CCC1CCC(=C)C(C[C@@H](C)O)O1. The van der Waals surface area contributed by atoms with Crippen LogP contribution in [0.25, 0.3) is 0 Å². The Morgan fingerprint density at radius 1 is 1.20 bits per heavy atom. The average molecular weight is 280 g/mol. The van der Waals surface area contributed by atoms with Gasteiger partial charge in [-0.05, 0) is 57.1 Å². The van der Waals surface area contributed by atoms with Gasteiger partial charge in [0.1, 0.15) is 0 Å². The Hall–Kier alpha value is -0.640. The summed E-state index contributed by atoms with van der Waals surface area (Å²) in [5, 5.41) is 9.52. The molecule has 3 nitrogen and oxygen atoms in total. The van der Waals surface area contributed by atoms with Gasteiger partial charge in [-0.1, -0.05) is 13.2 Å².